The summed E-state index contributed by atoms with van der Waals surface area (Å²) in [5.41, 5.74) is -0.596. The largest absolute Gasteiger partial charge is 0.481 e. The van der Waals surface area contributed by atoms with Gasteiger partial charge in [0.2, 0.25) is 0 Å². The van der Waals surface area contributed by atoms with Gasteiger partial charge in [0.25, 0.3) is 0 Å². The van der Waals surface area contributed by atoms with E-state index in [4.69, 9.17) is 5.11 Å². The van der Waals surface area contributed by atoms with Crippen LogP contribution in [-0.2, 0) is 10.2 Å². The van der Waals surface area contributed by atoms with Crippen molar-refractivity contribution >= 4 is 17.7 Å². The van der Waals surface area contributed by atoms with Gasteiger partial charge < -0.3 is 10.2 Å². The van der Waals surface area contributed by atoms with Crippen LogP contribution in [0.3, 0.4) is 0 Å². The first-order valence-corrected chi connectivity index (χ1v) is 6.39. The van der Waals surface area contributed by atoms with E-state index in [0.717, 1.165) is 4.90 Å². The standard InChI is InChI=1S/C13H18O3S/c1-9(2)17-11-6-4-10(5-7-11)13(3,8-14)12(15)16/h4-7,9,14H,8H2,1-3H3,(H,15,16). The predicted molar refractivity (Wildman–Crippen MR) is 69.5 cm³/mol. The molecule has 1 atom stereocenters. The van der Waals surface area contributed by atoms with Crippen molar-refractivity contribution < 1.29 is 15.0 Å². The lowest BCUT2D eigenvalue weighted by molar-refractivity contribution is -0.144. The van der Waals surface area contributed by atoms with Gasteiger partial charge in [0.05, 0.1) is 6.61 Å². The Morgan fingerprint density at radius 3 is 2.24 bits per heavy atom. The van der Waals surface area contributed by atoms with Gasteiger partial charge in [0.15, 0.2) is 0 Å². The molecule has 0 amide bonds. The molecular weight excluding hydrogens is 236 g/mol. The molecule has 94 valence electrons. The van der Waals surface area contributed by atoms with Crippen LogP contribution < -0.4 is 0 Å². The molecule has 1 aromatic rings. The van der Waals surface area contributed by atoms with Crippen LogP contribution in [0.5, 0.6) is 0 Å². The highest BCUT2D eigenvalue weighted by atomic mass is 32.2. The Balaban J connectivity index is 2.97. The van der Waals surface area contributed by atoms with Gasteiger partial charge in [-0.25, -0.2) is 0 Å². The van der Waals surface area contributed by atoms with Crippen molar-refractivity contribution in [1.82, 2.24) is 0 Å². The first-order valence-electron chi connectivity index (χ1n) is 5.51. The molecule has 17 heavy (non-hydrogen) atoms. The summed E-state index contributed by atoms with van der Waals surface area (Å²) in [6.07, 6.45) is 0. The van der Waals surface area contributed by atoms with Crippen molar-refractivity contribution in [3.63, 3.8) is 0 Å². The number of hydrogen-bond donors (Lipinski definition) is 2. The maximum Gasteiger partial charge on any atom is 0.316 e. The topological polar surface area (TPSA) is 57.5 Å². The number of thioether (sulfide) groups is 1. The van der Waals surface area contributed by atoms with Crippen molar-refractivity contribution in [3.8, 4) is 0 Å². The number of carboxylic acids is 1. The third-order valence-electron chi connectivity index (χ3n) is 2.65. The Bertz CT molecular complexity index is 386. The zero-order valence-electron chi connectivity index (χ0n) is 10.3. The molecule has 1 aromatic carbocycles. The van der Waals surface area contributed by atoms with Crippen LogP contribution in [0.15, 0.2) is 29.2 Å². The Kier molecular flexibility index (Phi) is 4.60. The third kappa shape index (κ3) is 3.23. The quantitative estimate of drug-likeness (QED) is 0.793. The van der Waals surface area contributed by atoms with E-state index in [9.17, 15) is 9.90 Å². The Morgan fingerprint density at radius 2 is 1.88 bits per heavy atom. The summed E-state index contributed by atoms with van der Waals surface area (Å²) >= 11 is 1.72. The number of benzene rings is 1. The maximum absolute atomic E-state index is 11.2. The van der Waals surface area contributed by atoms with E-state index < -0.39 is 18.0 Å². The summed E-state index contributed by atoms with van der Waals surface area (Å²) < 4.78 is 0. The van der Waals surface area contributed by atoms with Gasteiger partial charge in [-0.3, -0.25) is 4.79 Å². The zero-order chi connectivity index (χ0) is 13.1. The van der Waals surface area contributed by atoms with Gasteiger partial charge in [-0.1, -0.05) is 26.0 Å². The lowest BCUT2D eigenvalue weighted by Gasteiger charge is -2.22. The van der Waals surface area contributed by atoms with E-state index in [1.54, 1.807) is 23.9 Å². The molecule has 1 unspecified atom stereocenters. The fourth-order valence-electron chi connectivity index (χ4n) is 1.46. The van der Waals surface area contributed by atoms with E-state index in [-0.39, 0.29) is 0 Å². The van der Waals surface area contributed by atoms with Crippen LogP contribution in [0.2, 0.25) is 0 Å². The monoisotopic (exact) mass is 254 g/mol. The second kappa shape index (κ2) is 5.56. The molecule has 0 fully saturated rings. The fraction of sp³-hybridized carbons (Fsp3) is 0.462. The highest BCUT2D eigenvalue weighted by molar-refractivity contribution is 7.99. The summed E-state index contributed by atoms with van der Waals surface area (Å²) in [4.78, 5) is 12.3. The van der Waals surface area contributed by atoms with Crippen molar-refractivity contribution in [2.24, 2.45) is 0 Å². The first kappa shape index (κ1) is 14.1. The fourth-order valence-corrected chi connectivity index (χ4v) is 2.29. The summed E-state index contributed by atoms with van der Waals surface area (Å²) in [6.45, 7) is 5.33. The number of aliphatic hydroxyl groups is 1. The molecule has 0 spiro atoms. The summed E-state index contributed by atoms with van der Waals surface area (Å²) in [5.74, 6) is -1.01. The van der Waals surface area contributed by atoms with E-state index in [0.29, 0.717) is 10.8 Å². The molecule has 0 aromatic heterocycles. The van der Waals surface area contributed by atoms with E-state index >= 15 is 0 Å². The van der Waals surface area contributed by atoms with Crippen molar-refractivity contribution in [2.45, 2.75) is 36.3 Å². The van der Waals surface area contributed by atoms with E-state index in [1.165, 1.54) is 6.92 Å². The van der Waals surface area contributed by atoms with Crippen LogP contribution in [0, 0.1) is 0 Å². The zero-order valence-corrected chi connectivity index (χ0v) is 11.1. The number of carboxylic acid groups (broad SMARTS) is 1. The summed E-state index contributed by atoms with van der Waals surface area (Å²) in [6, 6.07) is 7.35. The summed E-state index contributed by atoms with van der Waals surface area (Å²) in [5, 5.41) is 18.9. The van der Waals surface area contributed by atoms with Gasteiger partial charge in [-0.15, -0.1) is 11.8 Å². The predicted octanol–water partition coefficient (Wildman–Crippen LogP) is 2.52. The minimum Gasteiger partial charge on any atom is -0.481 e. The van der Waals surface area contributed by atoms with E-state index in [1.807, 2.05) is 12.1 Å². The second-order valence-electron chi connectivity index (χ2n) is 4.49. The molecule has 0 radical (unpaired) electrons. The molecule has 0 aliphatic rings. The Morgan fingerprint density at radius 1 is 1.35 bits per heavy atom. The van der Waals surface area contributed by atoms with Gasteiger partial charge in [0.1, 0.15) is 5.41 Å². The van der Waals surface area contributed by atoms with Crippen LogP contribution in [0.4, 0.5) is 0 Å². The van der Waals surface area contributed by atoms with Crippen molar-refractivity contribution in [2.75, 3.05) is 6.61 Å². The molecule has 0 heterocycles. The lowest BCUT2D eigenvalue weighted by Crippen LogP contribution is -2.36. The minimum absolute atomic E-state index is 0.404. The number of rotatable bonds is 5. The molecule has 0 saturated carbocycles. The smallest absolute Gasteiger partial charge is 0.316 e. The van der Waals surface area contributed by atoms with Crippen LogP contribution in [-0.4, -0.2) is 28.0 Å². The van der Waals surface area contributed by atoms with Crippen LogP contribution >= 0.6 is 11.8 Å². The average molecular weight is 254 g/mol. The maximum atomic E-state index is 11.2. The molecule has 2 N–H and O–H groups in total. The van der Waals surface area contributed by atoms with Crippen LogP contribution in [0.1, 0.15) is 26.3 Å². The second-order valence-corrected chi connectivity index (χ2v) is 6.14. The molecule has 4 heteroatoms. The minimum atomic E-state index is -1.22. The molecular formula is C13H18O3S. The lowest BCUT2D eigenvalue weighted by atomic mass is 9.83. The molecule has 0 aliphatic carbocycles. The first-order chi connectivity index (χ1) is 7.90. The SMILES string of the molecule is CC(C)Sc1ccc(C(C)(CO)C(=O)O)cc1. The van der Waals surface area contributed by atoms with E-state index in [2.05, 4.69) is 13.8 Å². The Labute approximate surface area is 106 Å². The molecule has 1 rings (SSSR count). The number of aliphatic carboxylic acids is 1. The number of aliphatic hydroxyl groups excluding tert-OH is 1. The highest BCUT2D eigenvalue weighted by Crippen LogP contribution is 2.28. The van der Waals surface area contributed by atoms with Gasteiger partial charge in [-0.2, -0.15) is 0 Å². The van der Waals surface area contributed by atoms with Gasteiger partial charge >= 0.3 is 5.97 Å². The summed E-state index contributed by atoms with van der Waals surface area (Å²) in [7, 11) is 0. The van der Waals surface area contributed by atoms with Crippen molar-refractivity contribution in [3.05, 3.63) is 29.8 Å². The van der Waals surface area contributed by atoms with Gasteiger partial charge in [-0.05, 0) is 24.6 Å². The molecule has 0 saturated heterocycles. The third-order valence-corrected chi connectivity index (χ3v) is 3.67. The normalized spacial score (nSPS) is 14.6. The van der Waals surface area contributed by atoms with Crippen molar-refractivity contribution in [1.29, 1.82) is 0 Å². The van der Waals surface area contributed by atoms with Crippen LogP contribution in [0.25, 0.3) is 0 Å². The molecule has 0 aliphatic heterocycles. The number of carbonyl (C=O) groups is 1. The molecule has 3 nitrogen and oxygen atoms in total. The van der Waals surface area contributed by atoms with Gasteiger partial charge in [0, 0.05) is 10.1 Å². The average Bonchev–Trinajstić information content (AvgIpc) is 2.28. The number of hydrogen-bond acceptors (Lipinski definition) is 3. The molecule has 0 bridgehead atoms. The highest BCUT2D eigenvalue weighted by Gasteiger charge is 2.34. The Hall–Kier alpha value is -1.00.